The van der Waals surface area contributed by atoms with E-state index in [0.717, 1.165) is 12.8 Å². The summed E-state index contributed by atoms with van der Waals surface area (Å²) in [7, 11) is -1.62. The Bertz CT molecular complexity index is 564. The number of nitrogens with one attached hydrogen (secondary N) is 1. The third-order valence-corrected chi connectivity index (χ3v) is 6.83. The smallest absolute Gasteiger partial charge is 0.241 e. The summed E-state index contributed by atoms with van der Waals surface area (Å²) in [5.74, 6) is 0.343. The quantitative estimate of drug-likeness (QED) is 0.751. The molecule has 8 heteroatoms. The number of piperidine rings is 1. The summed E-state index contributed by atoms with van der Waals surface area (Å²) >= 11 is 0. The molecule has 2 rings (SSSR count). The second kappa shape index (κ2) is 8.98. The number of rotatable bonds is 6. The van der Waals surface area contributed by atoms with Crippen molar-refractivity contribution in [1.29, 1.82) is 0 Å². The molecule has 7 nitrogen and oxygen atoms in total. The number of amides is 2. The van der Waals surface area contributed by atoms with E-state index in [1.807, 2.05) is 0 Å². The Hall–Kier alpha value is -1.15. The predicted octanol–water partition coefficient (Wildman–Crippen LogP) is 0.955. The van der Waals surface area contributed by atoms with Crippen molar-refractivity contribution in [1.82, 2.24) is 14.5 Å². The fraction of sp³-hybridized carbons (Fsp3) is 0.882. The Kier molecular flexibility index (Phi) is 7.25. The monoisotopic (exact) mass is 373 g/mol. The molecule has 1 N–H and O–H groups in total. The predicted molar refractivity (Wildman–Crippen MR) is 96.4 cm³/mol. The molecule has 2 aliphatic rings. The van der Waals surface area contributed by atoms with E-state index >= 15 is 0 Å². The molecule has 0 aromatic rings. The van der Waals surface area contributed by atoms with E-state index < -0.39 is 10.0 Å². The Balaban J connectivity index is 1.69. The van der Waals surface area contributed by atoms with E-state index in [1.54, 1.807) is 11.9 Å². The fourth-order valence-electron chi connectivity index (χ4n) is 3.76. The summed E-state index contributed by atoms with van der Waals surface area (Å²) < 4.78 is 24.6. The first-order valence-corrected chi connectivity index (χ1v) is 11.1. The van der Waals surface area contributed by atoms with Gasteiger partial charge in [-0.25, -0.2) is 12.7 Å². The van der Waals surface area contributed by atoms with E-state index in [0.29, 0.717) is 38.3 Å². The average molecular weight is 374 g/mol. The van der Waals surface area contributed by atoms with E-state index in [4.69, 9.17) is 0 Å². The number of nitrogens with zero attached hydrogens (tertiary/aromatic N) is 2. The molecule has 0 bridgehead atoms. The summed E-state index contributed by atoms with van der Waals surface area (Å²) in [4.78, 5) is 26.0. The molecule has 1 heterocycles. The topological polar surface area (TPSA) is 86.8 Å². The molecule has 144 valence electrons. The van der Waals surface area contributed by atoms with Crippen LogP contribution in [0.25, 0.3) is 0 Å². The molecule has 1 aliphatic carbocycles. The largest absolute Gasteiger partial charge is 0.347 e. The lowest BCUT2D eigenvalue weighted by molar-refractivity contribution is -0.134. The summed E-state index contributed by atoms with van der Waals surface area (Å²) in [6.07, 6.45) is 8.88. The fourth-order valence-corrected chi connectivity index (χ4v) is 4.51. The molecule has 2 amide bonds. The maximum absolute atomic E-state index is 12.2. The van der Waals surface area contributed by atoms with E-state index in [9.17, 15) is 18.0 Å². The van der Waals surface area contributed by atoms with Gasteiger partial charge in [-0.05, 0) is 31.6 Å². The Morgan fingerprint density at radius 3 is 2.24 bits per heavy atom. The zero-order valence-electron chi connectivity index (χ0n) is 15.4. The molecule has 2 fully saturated rings. The van der Waals surface area contributed by atoms with Crippen LogP contribution in [0.1, 0.15) is 51.4 Å². The van der Waals surface area contributed by atoms with Gasteiger partial charge in [-0.2, -0.15) is 0 Å². The number of sulfonamides is 1. The number of carbonyl (C=O) groups excluding carboxylic acids is 2. The molecule has 0 aromatic heterocycles. The summed E-state index contributed by atoms with van der Waals surface area (Å²) in [5.41, 5.74) is 0. The maximum Gasteiger partial charge on any atom is 0.241 e. The van der Waals surface area contributed by atoms with Crippen molar-refractivity contribution in [3.05, 3.63) is 0 Å². The van der Waals surface area contributed by atoms with Crippen LogP contribution in [-0.4, -0.2) is 68.4 Å². The van der Waals surface area contributed by atoms with Crippen LogP contribution in [-0.2, 0) is 19.6 Å². The summed E-state index contributed by atoms with van der Waals surface area (Å²) in [6, 6.07) is -0.0556. The van der Waals surface area contributed by atoms with Crippen molar-refractivity contribution in [2.45, 2.75) is 57.4 Å². The van der Waals surface area contributed by atoms with Crippen LogP contribution in [0.5, 0.6) is 0 Å². The molecular formula is C17H31N3O4S. The van der Waals surface area contributed by atoms with Crippen LogP contribution < -0.4 is 5.32 Å². The van der Waals surface area contributed by atoms with Gasteiger partial charge in [0.2, 0.25) is 21.8 Å². The SMILES string of the molecule is CN(C1CCN(C(=O)CNC(=O)CC2CCCCC2)CC1)S(C)(=O)=O. The lowest BCUT2D eigenvalue weighted by Gasteiger charge is -2.35. The first-order chi connectivity index (χ1) is 11.8. The van der Waals surface area contributed by atoms with Crippen LogP contribution in [0.2, 0.25) is 0 Å². The van der Waals surface area contributed by atoms with Crippen LogP contribution in [0.15, 0.2) is 0 Å². The summed E-state index contributed by atoms with van der Waals surface area (Å²) in [6.45, 7) is 1.10. The highest BCUT2D eigenvalue weighted by molar-refractivity contribution is 7.88. The molecule has 0 unspecified atom stereocenters. The van der Waals surface area contributed by atoms with Crippen molar-refractivity contribution in [3.63, 3.8) is 0 Å². The number of hydrogen-bond acceptors (Lipinski definition) is 4. The minimum absolute atomic E-state index is 0.0352. The van der Waals surface area contributed by atoms with Gasteiger partial charge in [-0.1, -0.05) is 19.3 Å². The molecule has 0 radical (unpaired) electrons. The van der Waals surface area contributed by atoms with E-state index in [1.165, 1.54) is 29.8 Å². The van der Waals surface area contributed by atoms with Crippen molar-refractivity contribution in [2.75, 3.05) is 32.9 Å². The van der Waals surface area contributed by atoms with Crippen molar-refractivity contribution < 1.29 is 18.0 Å². The number of carbonyl (C=O) groups is 2. The third kappa shape index (κ3) is 6.26. The Morgan fingerprint density at radius 2 is 1.68 bits per heavy atom. The zero-order valence-corrected chi connectivity index (χ0v) is 16.2. The zero-order chi connectivity index (χ0) is 18.4. The Labute approximate surface area is 151 Å². The van der Waals surface area contributed by atoms with Gasteiger partial charge in [0.1, 0.15) is 0 Å². The van der Waals surface area contributed by atoms with Crippen molar-refractivity contribution in [3.8, 4) is 0 Å². The van der Waals surface area contributed by atoms with Crippen molar-refractivity contribution >= 4 is 21.8 Å². The number of likely N-dealkylation sites (tertiary alicyclic amines) is 1. The molecule has 0 spiro atoms. The van der Waals surface area contributed by atoms with Gasteiger partial charge >= 0.3 is 0 Å². The van der Waals surface area contributed by atoms with Crippen LogP contribution in [0, 0.1) is 5.92 Å². The van der Waals surface area contributed by atoms with Crippen molar-refractivity contribution in [2.24, 2.45) is 5.92 Å². The number of hydrogen-bond donors (Lipinski definition) is 1. The van der Waals surface area contributed by atoms with Gasteiger partial charge in [-0.3, -0.25) is 9.59 Å². The van der Waals surface area contributed by atoms with Gasteiger partial charge in [0, 0.05) is 32.6 Å². The average Bonchev–Trinajstić information content (AvgIpc) is 2.59. The third-order valence-electron chi connectivity index (χ3n) is 5.49. The molecule has 25 heavy (non-hydrogen) atoms. The minimum atomic E-state index is -3.20. The Morgan fingerprint density at radius 1 is 1.08 bits per heavy atom. The van der Waals surface area contributed by atoms with Crippen LogP contribution in [0.4, 0.5) is 0 Å². The summed E-state index contributed by atoms with van der Waals surface area (Å²) in [5, 5.41) is 2.75. The second-order valence-corrected chi connectivity index (χ2v) is 9.42. The molecule has 1 aliphatic heterocycles. The van der Waals surface area contributed by atoms with E-state index in [-0.39, 0.29) is 24.4 Å². The van der Waals surface area contributed by atoms with Gasteiger partial charge < -0.3 is 10.2 Å². The van der Waals surface area contributed by atoms with Crippen LogP contribution >= 0.6 is 0 Å². The molecular weight excluding hydrogens is 342 g/mol. The molecule has 1 saturated heterocycles. The highest BCUT2D eigenvalue weighted by Gasteiger charge is 2.29. The van der Waals surface area contributed by atoms with Gasteiger partial charge in [0.15, 0.2) is 0 Å². The minimum Gasteiger partial charge on any atom is -0.347 e. The van der Waals surface area contributed by atoms with Crippen LogP contribution in [0.3, 0.4) is 0 Å². The molecule has 0 aromatic carbocycles. The highest BCUT2D eigenvalue weighted by Crippen LogP contribution is 2.26. The second-order valence-electron chi connectivity index (χ2n) is 7.38. The lowest BCUT2D eigenvalue weighted by atomic mass is 9.87. The van der Waals surface area contributed by atoms with E-state index in [2.05, 4.69) is 5.32 Å². The first kappa shape index (κ1) is 20.2. The highest BCUT2D eigenvalue weighted by atomic mass is 32.2. The normalized spacial score (nSPS) is 20.7. The van der Waals surface area contributed by atoms with Gasteiger partial charge in [0.25, 0.3) is 0 Å². The maximum atomic E-state index is 12.2. The lowest BCUT2D eigenvalue weighted by Crippen LogP contribution is -2.49. The standard InChI is InChI=1S/C17H31N3O4S/c1-19(25(2,23)24)15-8-10-20(11-9-15)17(22)13-18-16(21)12-14-6-4-3-5-7-14/h14-15H,3-13H2,1-2H3,(H,18,21). The molecule has 0 atom stereocenters. The first-order valence-electron chi connectivity index (χ1n) is 9.25. The molecule has 1 saturated carbocycles. The van der Waals surface area contributed by atoms with Gasteiger partial charge in [0.05, 0.1) is 12.8 Å². The van der Waals surface area contributed by atoms with Gasteiger partial charge in [-0.15, -0.1) is 0 Å².